The normalized spacial score (nSPS) is 10.6. The predicted molar refractivity (Wildman–Crippen MR) is 78.7 cm³/mol. The Kier molecular flexibility index (Phi) is 7.86. The van der Waals surface area contributed by atoms with E-state index < -0.39 is 0 Å². The summed E-state index contributed by atoms with van der Waals surface area (Å²) >= 11 is 6.20. The van der Waals surface area contributed by atoms with Gasteiger partial charge < -0.3 is 10.1 Å². The lowest BCUT2D eigenvalue weighted by atomic mass is 10.1. The lowest BCUT2D eigenvalue weighted by molar-refractivity contribution is 0.414. The Labute approximate surface area is 116 Å². The summed E-state index contributed by atoms with van der Waals surface area (Å²) in [6.07, 6.45) is 5.95. The van der Waals surface area contributed by atoms with E-state index in [2.05, 4.69) is 18.3 Å². The molecule has 0 amide bonds. The molecular formula is C15H24ClNO. The molecule has 0 fully saturated rings. The van der Waals surface area contributed by atoms with Gasteiger partial charge in [0, 0.05) is 5.02 Å². The van der Waals surface area contributed by atoms with Gasteiger partial charge in [-0.2, -0.15) is 0 Å². The Morgan fingerprint density at radius 2 is 2.00 bits per heavy atom. The van der Waals surface area contributed by atoms with E-state index in [0.717, 1.165) is 30.3 Å². The zero-order chi connectivity index (χ0) is 13.2. The highest BCUT2D eigenvalue weighted by Gasteiger charge is 2.02. The molecule has 0 aliphatic carbocycles. The molecule has 0 unspecified atom stereocenters. The van der Waals surface area contributed by atoms with Crippen molar-refractivity contribution in [3.63, 3.8) is 0 Å². The van der Waals surface area contributed by atoms with E-state index in [-0.39, 0.29) is 0 Å². The molecule has 0 aliphatic heterocycles. The average Bonchev–Trinajstić information content (AvgIpc) is 2.39. The highest BCUT2D eigenvalue weighted by Crippen LogP contribution is 2.23. The minimum Gasteiger partial charge on any atom is -0.497 e. The number of methoxy groups -OCH3 is 1. The lowest BCUT2D eigenvalue weighted by Gasteiger charge is -2.07. The van der Waals surface area contributed by atoms with Gasteiger partial charge in [-0.15, -0.1) is 0 Å². The number of aryl methyl sites for hydroxylation is 1. The summed E-state index contributed by atoms with van der Waals surface area (Å²) < 4.78 is 5.14. The maximum absolute atomic E-state index is 6.20. The minimum atomic E-state index is 0.818. The molecular weight excluding hydrogens is 246 g/mol. The average molecular weight is 270 g/mol. The van der Waals surface area contributed by atoms with Gasteiger partial charge in [0.05, 0.1) is 7.11 Å². The first-order valence-electron chi connectivity index (χ1n) is 6.81. The topological polar surface area (TPSA) is 21.3 Å². The monoisotopic (exact) mass is 269 g/mol. The van der Waals surface area contributed by atoms with Crippen molar-refractivity contribution < 1.29 is 4.74 Å². The molecule has 1 N–H and O–H groups in total. The van der Waals surface area contributed by atoms with Gasteiger partial charge in [0.25, 0.3) is 0 Å². The summed E-state index contributed by atoms with van der Waals surface area (Å²) in [5, 5.41) is 4.24. The van der Waals surface area contributed by atoms with Crippen molar-refractivity contribution in [3.05, 3.63) is 28.8 Å². The second-order valence-electron chi connectivity index (χ2n) is 4.52. The summed E-state index contributed by atoms with van der Waals surface area (Å²) in [5.41, 5.74) is 1.22. The highest BCUT2D eigenvalue weighted by molar-refractivity contribution is 6.31. The first kappa shape index (κ1) is 15.3. The Hall–Kier alpha value is -0.730. The van der Waals surface area contributed by atoms with E-state index >= 15 is 0 Å². The van der Waals surface area contributed by atoms with Crippen molar-refractivity contribution in [2.75, 3.05) is 20.2 Å². The Balaban J connectivity index is 2.19. The lowest BCUT2D eigenvalue weighted by Crippen LogP contribution is -2.15. The van der Waals surface area contributed by atoms with Crippen molar-refractivity contribution in [1.29, 1.82) is 0 Å². The van der Waals surface area contributed by atoms with Crippen LogP contribution >= 0.6 is 11.6 Å². The number of rotatable bonds is 9. The Morgan fingerprint density at radius 1 is 1.17 bits per heavy atom. The van der Waals surface area contributed by atoms with Gasteiger partial charge in [-0.3, -0.25) is 0 Å². The number of halogens is 1. The number of benzene rings is 1. The van der Waals surface area contributed by atoms with E-state index in [9.17, 15) is 0 Å². The first-order chi connectivity index (χ1) is 8.77. The van der Waals surface area contributed by atoms with Gasteiger partial charge in [-0.05, 0) is 56.5 Å². The molecule has 0 atom stereocenters. The van der Waals surface area contributed by atoms with Gasteiger partial charge in [0.1, 0.15) is 5.75 Å². The fourth-order valence-corrected chi connectivity index (χ4v) is 2.17. The molecule has 1 aromatic rings. The fourth-order valence-electron chi connectivity index (χ4n) is 1.90. The van der Waals surface area contributed by atoms with Crippen LogP contribution in [-0.4, -0.2) is 20.2 Å². The smallest absolute Gasteiger partial charge is 0.120 e. The van der Waals surface area contributed by atoms with E-state index in [4.69, 9.17) is 16.3 Å². The van der Waals surface area contributed by atoms with E-state index in [1.165, 1.54) is 31.2 Å². The van der Waals surface area contributed by atoms with Gasteiger partial charge >= 0.3 is 0 Å². The summed E-state index contributed by atoms with van der Waals surface area (Å²) in [4.78, 5) is 0. The third kappa shape index (κ3) is 5.74. The van der Waals surface area contributed by atoms with Crippen molar-refractivity contribution in [2.24, 2.45) is 0 Å². The van der Waals surface area contributed by atoms with Crippen LogP contribution in [0.4, 0.5) is 0 Å². The van der Waals surface area contributed by atoms with Crippen LogP contribution < -0.4 is 10.1 Å². The quantitative estimate of drug-likeness (QED) is 0.683. The standard InChI is InChI=1S/C15H24ClNO/c1-3-10-17-11-6-4-5-7-13-8-9-14(18-2)12-15(13)16/h8-9,12,17H,3-7,10-11H2,1-2H3. The molecule has 0 saturated carbocycles. The molecule has 3 heteroatoms. The Bertz CT molecular complexity index is 341. The molecule has 0 aromatic heterocycles. The SMILES string of the molecule is CCCNCCCCCc1ccc(OC)cc1Cl. The zero-order valence-electron chi connectivity index (χ0n) is 11.5. The summed E-state index contributed by atoms with van der Waals surface area (Å²) in [5.74, 6) is 0.826. The minimum absolute atomic E-state index is 0.818. The second-order valence-corrected chi connectivity index (χ2v) is 4.93. The van der Waals surface area contributed by atoms with E-state index in [1.54, 1.807) is 7.11 Å². The van der Waals surface area contributed by atoms with Crippen LogP contribution in [0.1, 0.15) is 38.2 Å². The number of nitrogens with one attached hydrogen (secondary N) is 1. The van der Waals surface area contributed by atoms with E-state index in [0.29, 0.717) is 0 Å². The van der Waals surface area contributed by atoms with Gasteiger partial charge in [-0.25, -0.2) is 0 Å². The van der Waals surface area contributed by atoms with Crippen LogP contribution in [0.3, 0.4) is 0 Å². The third-order valence-electron chi connectivity index (χ3n) is 2.99. The summed E-state index contributed by atoms with van der Waals surface area (Å²) in [7, 11) is 1.66. The van der Waals surface area contributed by atoms with Crippen molar-refractivity contribution in [1.82, 2.24) is 5.32 Å². The summed E-state index contributed by atoms with van der Waals surface area (Å²) in [6, 6.07) is 5.93. The molecule has 1 rings (SSSR count). The molecule has 18 heavy (non-hydrogen) atoms. The number of hydrogen-bond donors (Lipinski definition) is 1. The van der Waals surface area contributed by atoms with Crippen LogP contribution in [0.5, 0.6) is 5.75 Å². The Morgan fingerprint density at radius 3 is 2.67 bits per heavy atom. The largest absolute Gasteiger partial charge is 0.497 e. The van der Waals surface area contributed by atoms with Crippen molar-refractivity contribution >= 4 is 11.6 Å². The second kappa shape index (κ2) is 9.23. The van der Waals surface area contributed by atoms with E-state index in [1.807, 2.05) is 12.1 Å². The molecule has 0 aliphatic rings. The molecule has 0 saturated heterocycles. The number of unbranched alkanes of at least 4 members (excludes halogenated alkanes) is 2. The molecule has 0 heterocycles. The summed E-state index contributed by atoms with van der Waals surface area (Å²) in [6.45, 7) is 4.45. The fraction of sp³-hybridized carbons (Fsp3) is 0.600. The third-order valence-corrected chi connectivity index (χ3v) is 3.34. The van der Waals surface area contributed by atoms with Crippen LogP contribution in [0.15, 0.2) is 18.2 Å². The molecule has 2 nitrogen and oxygen atoms in total. The predicted octanol–water partition coefficient (Wildman–Crippen LogP) is 4.06. The molecule has 1 aromatic carbocycles. The van der Waals surface area contributed by atoms with Crippen LogP contribution in [0.2, 0.25) is 5.02 Å². The molecule has 0 radical (unpaired) electrons. The maximum Gasteiger partial charge on any atom is 0.120 e. The van der Waals surface area contributed by atoms with Gasteiger partial charge in [0.15, 0.2) is 0 Å². The van der Waals surface area contributed by atoms with Gasteiger partial charge in [0.2, 0.25) is 0 Å². The van der Waals surface area contributed by atoms with Crippen LogP contribution in [0, 0.1) is 0 Å². The highest BCUT2D eigenvalue weighted by atomic mass is 35.5. The van der Waals surface area contributed by atoms with Crippen LogP contribution in [-0.2, 0) is 6.42 Å². The molecule has 0 spiro atoms. The molecule has 0 bridgehead atoms. The number of ether oxygens (including phenoxy) is 1. The first-order valence-corrected chi connectivity index (χ1v) is 7.19. The van der Waals surface area contributed by atoms with Crippen LogP contribution in [0.25, 0.3) is 0 Å². The zero-order valence-corrected chi connectivity index (χ0v) is 12.2. The van der Waals surface area contributed by atoms with Gasteiger partial charge in [-0.1, -0.05) is 31.0 Å². The maximum atomic E-state index is 6.20. The van der Waals surface area contributed by atoms with Crippen molar-refractivity contribution in [2.45, 2.75) is 39.0 Å². The van der Waals surface area contributed by atoms with Crippen molar-refractivity contribution in [3.8, 4) is 5.75 Å². The molecule has 102 valence electrons. The number of hydrogen-bond acceptors (Lipinski definition) is 2.